The van der Waals surface area contributed by atoms with Gasteiger partial charge in [0.15, 0.2) is 0 Å². The molecule has 0 heterocycles. The van der Waals surface area contributed by atoms with Crippen molar-refractivity contribution < 1.29 is 23.8 Å². The first-order chi connectivity index (χ1) is 9.87. The quantitative estimate of drug-likeness (QED) is 0.453. The van der Waals surface area contributed by atoms with E-state index in [1.807, 2.05) is 13.8 Å². The summed E-state index contributed by atoms with van der Waals surface area (Å²) in [6.07, 6.45) is 4.11. The molecule has 0 spiro atoms. The molecule has 0 aromatic carbocycles. The number of ether oxygens (including phenoxy) is 3. The highest BCUT2D eigenvalue weighted by Gasteiger charge is 2.62. The number of allylic oxidation sites excluding steroid dienone is 2. The van der Waals surface area contributed by atoms with Gasteiger partial charge < -0.3 is 14.2 Å². The first-order valence-corrected chi connectivity index (χ1v) is 6.95. The minimum Gasteiger partial charge on any atom is -0.468 e. The molecule has 2 atom stereocenters. The second-order valence-corrected chi connectivity index (χ2v) is 5.80. The Balaban J connectivity index is 2.66. The third-order valence-electron chi connectivity index (χ3n) is 4.92. The third-order valence-corrected chi connectivity index (χ3v) is 4.92. The molecule has 0 unspecified atom stereocenters. The Bertz CT molecular complexity index is 527. The molecule has 21 heavy (non-hydrogen) atoms. The van der Waals surface area contributed by atoms with Crippen molar-refractivity contribution in [1.29, 1.82) is 0 Å². The van der Waals surface area contributed by atoms with Gasteiger partial charge in [-0.15, -0.1) is 0 Å². The molecule has 2 rings (SSSR count). The number of rotatable bonds is 3. The van der Waals surface area contributed by atoms with E-state index < -0.39 is 17.1 Å². The Morgan fingerprint density at radius 2 is 1.81 bits per heavy atom. The number of hydrogen-bond acceptors (Lipinski definition) is 5. The van der Waals surface area contributed by atoms with E-state index in [-0.39, 0.29) is 11.8 Å². The zero-order valence-corrected chi connectivity index (χ0v) is 13.2. The average Bonchev–Trinajstić information content (AvgIpc) is 2.49. The topological polar surface area (TPSA) is 61.8 Å². The van der Waals surface area contributed by atoms with Crippen LogP contribution in [0.2, 0.25) is 0 Å². The highest BCUT2D eigenvalue weighted by atomic mass is 16.7. The Labute approximate surface area is 124 Å². The summed E-state index contributed by atoms with van der Waals surface area (Å²) in [5.41, 5.74) is 1.37. The van der Waals surface area contributed by atoms with Crippen molar-refractivity contribution in [2.45, 2.75) is 32.5 Å². The lowest BCUT2D eigenvalue weighted by Gasteiger charge is -2.50. The minimum absolute atomic E-state index is 0.274. The Morgan fingerprint density at radius 1 is 1.19 bits per heavy atom. The van der Waals surface area contributed by atoms with E-state index in [1.165, 1.54) is 27.4 Å². The van der Waals surface area contributed by atoms with Gasteiger partial charge >= 0.3 is 5.97 Å². The molecule has 5 nitrogen and oxygen atoms in total. The van der Waals surface area contributed by atoms with Gasteiger partial charge in [0.25, 0.3) is 0 Å². The fourth-order valence-electron chi connectivity index (χ4n) is 3.58. The first-order valence-electron chi connectivity index (χ1n) is 6.95. The van der Waals surface area contributed by atoms with Gasteiger partial charge in [0.1, 0.15) is 0 Å². The lowest BCUT2D eigenvalue weighted by atomic mass is 9.58. The normalized spacial score (nSPS) is 31.1. The van der Waals surface area contributed by atoms with Crippen LogP contribution in [0, 0.1) is 11.3 Å². The maximum atomic E-state index is 12.5. The van der Waals surface area contributed by atoms with Crippen LogP contribution < -0.4 is 0 Å². The van der Waals surface area contributed by atoms with Crippen LogP contribution in [0.5, 0.6) is 0 Å². The fraction of sp³-hybridized carbons (Fsp3) is 0.625. The van der Waals surface area contributed by atoms with Gasteiger partial charge in [-0.1, -0.05) is 17.2 Å². The molecule has 0 bridgehead atoms. The number of carbonyl (C=O) groups is 2. The number of carbonyl (C=O) groups excluding carboxylic acids is 2. The molecular weight excluding hydrogens is 272 g/mol. The number of methoxy groups -OCH3 is 3. The lowest BCUT2D eigenvalue weighted by Crippen LogP contribution is -2.60. The average molecular weight is 294 g/mol. The molecular formula is C16H22O5. The Morgan fingerprint density at radius 3 is 2.33 bits per heavy atom. The van der Waals surface area contributed by atoms with Gasteiger partial charge in [-0.3, -0.25) is 9.59 Å². The van der Waals surface area contributed by atoms with Crippen molar-refractivity contribution in [1.82, 2.24) is 0 Å². The van der Waals surface area contributed by atoms with Crippen LogP contribution >= 0.6 is 0 Å². The zero-order chi connectivity index (χ0) is 15.8. The number of esters is 1. The molecule has 0 aromatic heterocycles. The first kappa shape index (κ1) is 15.9. The van der Waals surface area contributed by atoms with E-state index in [1.54, 1.807) is 6.08 Å². The third kappa shape index (κ3) is 2.07. The molecule has 5 heteroatoms. The highest BCUT2D eigenvalue weighted by Crippen LogP contribution is 2.53. The van der Waals surface area contributed by atoms with Crippen molar-refractivity contribution in [3.8, 4) is 0 Å². The van der Waals surface area contributed by atoms with Crippen molar-refractivity contribution in [2.24, 2.45) is 11.3 Å². The predicted molar refractivity (Wildman–Crippen MR) is 76.4 cm³/mol. The summed E-state index contributed by atoms with van der Waals surface area (Å²) in [6, 6.07) is 0. The molecule has 0 radical (unpaired) electrons. The zero-order valence-electron chi connectivity index (χ0n) is 13.2. The lowest BCUT2D eigenvalue weighted by molar-refractivity contribution is -0.246. The van der Waals surface area contributed by atoms with E-state index in [4.69, 9.17) is 14.2 Å². The van der Waals surface area contributed by atoms with Crippen molar-refractivity contribution >= 4 is 11.8 Å². The second-order valence-electron chi connectivity index (χ2n) is 5.80. The summed E-state index contributed by atoms with van der Waals surface area (Å²) in [5, 5.41) is 0. The number of fused-ring (bicyclic) bond motifs is 1. The smallest absolute Gasteiger partial charge is 0.316 e. The summed E-state index contributed by atoms with van der Waals surface area (Å²) < 4.78 is 15.9. The van der Waals surface area contributed by atoms with Crippen LogP contribution in [0.25, 0.3) is 0 Å². The van der Waals surface area contributed by atoms with E-state index in [9.17, 15) is 9.59 Å². The summed E-state index contributed by atoms with van der Waals surface area (Å²) in [6.45, 7) is 4.01. The summed E-state index contributed by atoms with van der Waals surface area (Å²) in [5.74, 6) is -2.51. The maximum Gasteiger partial charge on any atom is 0.316 e. The molecule has 0 fully saturated rings. The fourth-order valence-corrected chi connectivity index (χ4v) is 3.58. The molecule has 0 aromatic rings. The maximum absolute atomic E-state index is 12.5. The van der Waals surface area contributed by atoms with E-state index in [0.29, 0.717) is 12.8 Å². The van der Waals surface area contributed by atoms with Gasteiger partial charge in [-0.25, -0.2) is 0 Å². The molecule has 0 saturated heterocycles. The Kier molecular flexibility index (Phi) is 4.08. The molecule has 0 N–H and O–H groups in total. The van der Waals surface area contributed by atoms with Crippen LogP contribution in [0.4, 0.5) is 0 Å². The van der Waals surface area contributed by atoms with Crippen molar-refractivity contribution in [2.75, 3.05) is 21.3 Å². The van der Waals surface area contributed by atoms with Gasteiger partial charge in [-0.05, 0) is 32.8 Å². The Hall–Kier alpha value is -1.46. The van der Waals surface area contributed by atoms with E-state index >= 15 is 0 Å². The number of hydrogen-bond donors (Lipinski definition) is 0. The van der Waals surface area contributed by atoms with Crippen LogP contribution in [0.1, 0.15) is 26.7 Å². The molecule has 0 aliphatic heterocycles. The monoisotopic (exact) mass is 294 g/mol. The molecule has 0 amide bonds. The summed E-state index contributed by atoms with van der Waals surface area (Å²) >= 11 is 0. The number of ketones is 1. The standard InChI is InChI=1S/C16H22O5/c1-10-8-12-15(9-11(10)2,14(18)19-3)7-6-13(17)16(12,20-4)21-5/h6-7,12H,8-9H2,1-5H3/t12-,15-/m0/s1. The predicted octanol–water partition coefficient (Wildman–Crippen LogP) is 2.02. The van der Waals surface area contributed by atoms with Crippen LogP contribution in [0.3, 0.4) is 0 Å². The highest BCUT2D eigenvalue weighted by molar-refractivity contribution is 6.00. The molecule has 2 aliphatic rings. The SMILES string of the molecule is COC(=O)[C@]12C=CC(=O)C(OC)(OC)[C@H]1CC(C)=C(C)C2. The largest absolute Gasteiger partial charge is 0.468 e. The van der Waals surface area contributed by atoms with Gasteiger partial charge in [0.05, 0.1) is 12.5 Å². The van der Waals surface area contributed by atoms with Crippen molar-refractivity contribution in [3.63, 3.8) is 0 Å². The summed E-state index contributed by atoms with van der Waals surface area (Å²) in [7, 11) is 4.23. The van der Waals surface area contributed by atoms with Crippen LogP contribution in [0.15, 0.2) is 23.3 Å². The van der Waals surface area contributed by atoms with Gasteiger partial charge in [-0.2, -0.15) is 0 Å². The van der Waals surface area contributed by atoms with Gasteiger partial charge in [0.2, 0.25) is 11.6 Å². The van der Waals surface area contributed by atoms with Crippen LogP contribution in [-0.2, 0) is 23.8 Å². The molecule has 116 valence electrons. The minimum atomic E-state index is -1.44. The second kappa shape index (κ2) is 5.39. The van der Waals surface area contributed by atoms with Crippen molar-refractivity contribution in [3.05, 3.63) is 23.3 Å². The van der Waals surface area contributed by atoms with Crippen LogP contribution in [-0.4, -0.2) is 38.9 Å². The van der Waals surface area contributed by atoms with Gasteiger partial charge in [0, 0.05) is 20.1 Å². The summed E-state index contributed by atoms with van der Waals surface area (Å²) in [4.78, 5) is 24.9. The molecule has 2 aliphatic carbocycles. The molecule has 0 saturated carbocycles. The van der Waals surface area contributed by atoms with E-state index in [0.717, 1.165) is 11.1 Å². The van der Waals surface area contributed by atoms with E-state index in [2.05, 4.69) is 0 Å².